The molecule has 122 valence electrons. The number of nitrogens with one attached hydrogen (secondary N) is 3. The molecule has 1 aliphatic rings. The fourth-order valence-corrected chi connectivity index (χ4v) is 2.40. The van der Waals surface area contributed by atoms with Gasteiger partial charge in [0.05, 0.1) is 31.0 Å². The van der Waals surface area contributed by atoms with Gasteiger partial charge in [-0.15, -0.1) is 0 Å². The van der Waals surface area contributed by atoms with Crippen molar-refractivity contribution in [2.45, 2.75) is 12.8 Å². The number of carbonyl (C=O) groups is 2. The van der Waals surface area contributed by atoms with Crippen LogP contribution in [0.4, 0.5) is 5.69 Å². The summed E-state index contributed by atoms with van der Waals surface area (Å²) in [5.41, 5.74) is 1.90. The number of hydrogen-bond donors (Lipinski definition) is 3. The van der Waals surface area contributed by atoms with Gasteiger partial charge in [0, 0.05) is 18.5 Å². The van der Waals surface area contributed by atoms with Crippen LogP contribution < -0.4 is 15.4 Å². The molecule has 0 saturated heterocycles. The van der Waals surface area contributed by atoms with Crippen LogP contribution in [-0.2, 0) is 6.42 Å². The summed E-state index contributed by atoms with van der Waals surface area (Å²) in [7, 11) is 0. The van der Waals surface area contributed by atoms with Crippen molar-refractivity contribution in [3.8, 4) is 11.8 Å². The first-order valence-electron chi connectivity index (χ1n) is 7.44. The molecule has 8 nitrogen and oxygen atoms in total. The molecule has 0 atom stereocenters. The van der Waals surface area contributed by atoms with Gasteiger partial charge in [-0.1, -0.05) is 0 Å². The molecule has 1 aromatic heterocycles. The first-order chi connectivity index (χ1) is 11.7. The van der Waals surface area contributed by atoms with Gasteiger partial charge in [0.2, 0.25) is 0 Å². The summed E-state index contributed by atoms with van der Waals surface area (Å²) in [5.74, 6) is 0.0324. The van der Waals surface area contributed by atoms with E-state index in [1.54, 1.807) is 18.2 Å². The van der Waals surface area contributed by atoms with Gasteiger partial charge in [0.1, 0.15) is 11.4 Å². The molecule has 3 rings (SSSR count). The summed E-state index contributed by atoms with van der Waals surface area (Å²) in [6.45, 7) is 0.849. The number of H-pyrrole nitrogens is 1. The Bertz CT molecular complexity index is 821. The maximum atomic E-state index is 12.4. The highest BCUT2D eigenvalue weighted by Gasteiger charge is 2.18. The van der Waals surface area contributed by atoms with E-state index >= 15 is 0 Å². The average molecular weight is 325 g/mol. The minimum atomic E-state index is -0.430. The van der Waals surface area contributed by atoms with Crippen molar-refractivity contribution in [2.24, 2.45) is 0 Å². The second kappa shape index (κ2) is 6.83. The van der Waals surface area contributed by atoms with E-state index in [-0.39, 0.29) is 30.3 Å². The van der Waals surface area contributed by atoms with Crippen molar-refractivity contribution in [2.75, 3.05) is 18.5 Å². The Kier molecular flexibility index (Phi) is 4.43. The molecule has 0 bridgehead atoms. The van der Waals surface area contributed by atoms with E-state index in [0.29, 0.717) is 12.2 Å². The number of hydrogen-bond acceptors (Lipinski definition) is 5. The lowest BCUT2D eigenvalue weighted by Gasteiger charge is -2.07. The van der Waals surface area contributed by atoms with Gasteiger partial charge in [0.25, 0.3) is 11.8 Å². The van der Waals surface area contributed by atoms with Crippen molar-refractivity contribution in [3.05, 3.63) is 41.2 Å². The van der Waals surface area contributed by atoms with Gasteiger partial charge >= 0.3 is 0 Å². The lowest BCUT2D eigenvalue weighted by molar-refractivity contribution is 0.0950. The fraction of sp³-hybridized carbons (Fsp3) is 0.250. The van der Waals surface area contributed by atoms with Crippen LogP contribution in [0.2, 0.25) is 0 Å². The minimum Gasteiger partial charge on any atom is -0.493 e. The number of aromatic amines is 1. The van der Waals surface area contributed by atoms with Gasteiger partial charge in [-0.2, -0.15) is 10.4 Å². The largest absolute Gasteiger partial charge is 0.493 e. The summed E-state index contributed by atoms with van der Waals surface area (Å²) in [4.78, 5) is 24.4. The van der Waals surface area contributed by atoms with E-state index < -0.39 is 5.91 Å². The van der Waals surface area contributed by atoms with Crippen molar-refractivity contribution >= 4 is 17.5 Å². The van der Waals surface area contributed by atoms with Gasteiger partial charge in [-0.3, -0.25) is 14.7 Å². The Morgan fingerprint density at radius 2 is 2.25 bits per heavy atom. The van der Waals surface area contributed by atoms with E-state index in [1.807, 2.05) is 6.07 Å². The maximum Gasteiger partial charge on any atom is 0.271 e. The number of nitrogens with zero attached hydrogens (tertiary/aromatic N) is 2. The molecular formula is C16H15N5O3. The van der Waals surface area contributed by atoms with Gasteiger partial charge in [-0.25, -0.2) is 0 Å². The van der Waals surface area contributed by atoms with Crippen LogP contribution in [0.25, 0.3) is 0 Å². The summed E-state index contributed by atoms with van der Waals surface area (Å²) < 4.78 is 5.41. The second-order valence-electron chi connectivity index (χ2n) is 5.20. The third kappa shape index (κ3) is 3.20. The summed E-state index contributed by atoms with van der Waals surface area (Å²) in [6, 6.07) is 7.16. The normalized spacial score (nSPS) is 12.0. The summed E-state index contributed by atoms with van der Waals surface area (Å²) in [6.07, 6.45) is 2.35. The first-order valence-corrected chi connectivity index (χ1v) is 7.44. The molecule has 2 heterocycles. The van der Waals surface area contributed by atoms with Gasteiger partial charge < -0.3 is 15.4 Å². The molecular weight excluding hydrogens is 310 g/mol. The molecule has 3 N–H and O–H groups in total. The highest BCUT2D eigenvalue weighted by molar-refractivity contribution is 6.08. The maximum absolute atomic E-state index is 12.4. The molecule has 2 aromatic rings. The Morgan fingerprint density at radius 1 is 1.38 bits per heavy atom. The van der Waals surface area contributed by atoms with Crippen molar-refractivity contribution < 1.29 is 14.3 Å². The van der Waals surface area contributed by atoms with Crippen LogP contribution in [0.1, 0.15) is 32.8 Å². The van der Waals surface area contributed by atoms with Crippen molar-refractivity contribution in [1.82, 2.24) is 15.5 Å². The number of amides is 2. The quantitative estimate of drug-likeness (QED) is 0.714. The van der Waals surface area contributed by atoms with Crippen LogP contribution in [0.5, 0.6) is 5.75 Å². The molecule has 2 amide bonds. The lowest BCUT2D eigenvalue weighted by atomic mass is 10.1. The predicted octanol–water partition coefficient (Wildman–Crippen LogP) is 1.24. The van der Waals surface area contributed by atoms with E-state index in [9.17, 15) is 9.59 Å². The van der Waals surface area contributed by atoms with E-state index in [0.717, 1.165) is 17.7 Å². The molecule has 0 saturated carbocycles. The zero-order valence-corrected chi connectivity index (χ0v) is 12.8. The Hall–Kier alpha value is -3.34. The standard InChI is InChI=1S/C16H15N5O3/c17-5-1-6-18-16(23)14-12(9-19-21-14)20-15(22)11-2-3-13-10(8-11)4-7-24-13/h2-3,8-9H,1,4,6-7H2,(H,18,23)(H,19,21)(H,20,22). The minimum absolute atomic E-state index is 0.144. The molecule has 0 fully saturated rings. The van der Waals surface area contributed by atoms with Crippen molar-refractivity contribution in [3.63, 3.8) is 0 Å². The van der Waals surface area contributed by atoms with Crippen LogP contribution in [0.15, 0.2) is 24.4 Å². The number of benzene rings is 1. The summed E-state index contributed by atoms with van der Waals surface area (Å²) in [5, 5.41) is 20.1. The molecule has 0 unspecified atom stereocenters. The fourth-order valence-electron chi connectivity index (χ4n) is 2.40. The molecule has 0 radical (unpaired) electrons. The van der Waals surface area contributed by atoms with E-state index in [1.165, 1.54) is 6.20 Å². The monoisotopic (exact) mass is 325 g/mol. The zero-order chi connectivity index (χ0) is 16.9. The third-order valence-corrected chi connectivity index (χ3v) is 3.59. The smallest absolute Gasteiger partial charge is 0.271 e. The van der Waals surface area contributed by atoms with Gasteiger partial charge in [0.15, 0.2) is 0 Å². The summed E-state index contributed by atoms with van der Waals surface area (Å²) >= 11 is 0. The number of aromatic nitrogens is 2. The molecule has 1 aliphatic heterocycles. The number of rotatable bonds is 5. The highest BCUT2D eigenvalue weighted by Crippen LogP contribution is 2.26. The Morgan fingerprint density at radius 3 is 3.08 bits per heavy atom. The number of fused-ring (bicyclic) bond motifs is 1. The molecule has 0 spiro atoms. The average Bonchev–Trinajstić information content (AvgIpc) is 3.23. The molecule has 8 heteroatoms. The number of carbonyl (C=O) groups excluding carboxylic acids is 2. The predicted molar refractivity (Wildman–Crippen MR) is 84.7 cm³/mol. The molecule has 0 aliphatic carbocycles. The van der Waals surface area contributed by atoms with E-state index in [2.05, 4.69) is 20.8 Å². The van der Waals surface area contributed by atoms with Gasteiger partial charge in [-0.05, 0) is 23.8 Å². The van der Waals surface area contributed by atoms with Crippen LogP contribution >= 0.6 is 0 Å². The second-order valence-corrected chi connectivity index (χ2v) is 5.20. The Labute approximate surface area is 137 Å². The molecule has 24 heavy (non-hydrogen) atoms. The van der Waals surface area contributed by atoms with E-state index in [4.69, 9.17) is 10.00 Å². The highest BCUT2D eigenvalue weighted by atomic mass is 16.5. The number of anilines is 1. The van der Waals surface area contributed by atoms with Crippen LogP contribution in [-0.4, -0.2) is 35.2 Å². The van der Waals surface area contributed by atoms with Crippen LogP contribution in [0.3, 0.4) is 0 Å². The topological polar surface area (TPSA) is 120 Å². The number of ether oxygens (including phenoxy) is 1. The van der Waals surface area contributed by atoms with Crippen molar-refractivity contribution in [1.29, 1.82) is 5.26 Å². The first kappa shape index (κ1) is 15.6. The number of nitriles is 1. The van der Waals surface area contributed by atoms with Crippen LogP contribution in [0, 0.1) is 11.3 Å². The molecule has 1 aromatic carbocycles. The zero-order valence-electron chi connectivity index (χ0n) is 12.8. The third-order valence-electron chi connectivity index (χ3n) is 3.59. The lowest BCUT2D eigenvalue weighted by Crippen LogP contribution is -2.26. The Balaban J connectivity index is 1.70. The SMILES string of the molecule is N#CCCNC(=O)c1[nH]ncc1NC(=O)c1ccc2c(c1)CCO2.